The molecule has 1 saturated heterocycles. The second kappa shape index (κ2) is 11.6. The number of urea groups is 1. The smallest absolute Gasteiger partial charge is 0.324 e. The summed E-state index contributed by atoms with van der Waals surface area (Å²) in [5.74, 6) is 1.34. The van der Waals surface area contributed by atoms with Gasteiger partial charge in [-0.3, -0.25) is 10.1 Å². The van der Waals surface area contributed by atoms with Gasteiger partial charge in [-0.25, -0.2) is 9.78 Å². The summed E-state index contributed by atoms with van der Waals surface area (Å²) in [7, 11) is 0. The Morgan fingerprint density at radius 3 is 2.21 bits per heavy atom. The number of piperidine rings is 1. The third-order valence-corrected chi connectivity index (χ3v) is 6.37. The third-order valence-electron chi connectivity index (χ3n) is 6.37. The van der Waals surface area contributed by atoms with E-state index in [-0.39, 0.29) is 23.1 Å². The molecule has 0 unspecified atom stereocenters. The first-order valence-corrected chi connectivity index (χ1v) is 12.9. The lowest BCUT2D eigenvalue weighted by Crippen LogP contribution is -2.41. The Balaban J connectivity index is 1.24. The Hall–Kier alpha value is -3.92. The monoisotopic (exact) mass is 520 g/mol. The van der Waals surface area contributed by atoms with E-state index in [1.165, 1.54) is 0 Å². The second-order valence-corrected chi connectivity index (χ2v) is 10.8. The highest BCUT2D eigenvalue weighted by Gasteiger charge is 2.22. The van der Waals surface area contributed by atoms with E-state index in [0.717, 1.165) is 25.9 Å². The zero-order valence-electron chi connectivity index (χ0n) is 22.6. The van der Waals surface area contributed by atoms with Crippen LogP contribution in [-0.4, -0.2) is 52.2 Å². The van der Waals surface area contributed by atoms with Crippen molar-refractivity contribution in [3.05, 3.63) is 60.1 Å². The minimum absolute atomic E-state index is 0.164. The predicted octanol–water partition coefficient (Wildman–Crippen LogP) is 5.52. The lowest BCUT2D eigenvalue weighted by atomic mass is 9.93. The van der Waals surface area contributed by atoms with Gasteiger partial charge in [-0.1, -0.05) is 25.9 Å². The van der Waals surface area contributed by atoms with Gasteiger partial charge in [0.2, 0.25) is 0 Å². The quantitative estimate of drug-likeness (QED) is 0.375. The number of nitrogens with one attached hydrogen (secondary N) is 3. The van der Waals surface area contributed by atoms with E-state index in [4.69, 9.17) is 9.26 Å². The molecule has 1 aliphatic rings. The molecule has 3 aromatic rings. The maximum atomic E-state index is 12.6. The molecule has 38 heavy (non-hydrogen) atoms. The number of ether oxygens (including phenoxy) is 1. The molecule has 0 spiro atoms. The summed E-state index contributed by atoms with van der Waals surface area (Å²) in [5.41, 5.74) is 1.21. The Bertz CT molecular complexity index is 1220. The molecule has 0 aliphatic carbocycles. The number of amides is 3. The molecule has 3 N–H and O–H groups in total. The predicted molar refractivity (Wildman–Crippen MR) is 147 cm³/mol. The zero-order chi connectivity index (χ0) is 27.3. The molecule has 3 amide bonds. The van der Waals surface area contributed by atoms with Gasteiger partial charge < -0.3 is 24.8 Å². The number of carbonyl (C=O) groups excluding carboxylic acids is 2. The fourth-order valence-electron chi connectivity index (χ4n) is 4.09. The van der Waals surface area contributed by atoms with Gasteiger partial charge in [-0.15, -0.1) is 0 Å². The molecule has 1 fully saturated rings. The van der Waals surface area contributed by atoms with Crippen LogP contribution in [0, 0.1) is 0 Å². The number of aromatic nitrogens is 2. The molecule has 10 heteroatoms. The molecule has 4 rings (SSSR count). The van der Waals surface area contributed by atoms with Gasteiger partial charge >= 0.3 is 6.03 Å². The molecule has 3 heterocycles. The van der Waals surface area contributed by atoms with E-state index < -0.39 is 6.03 Å². The van der Waals surface area contributed by atoms with Crippen molar-refractivity contribution in [3.63, 3.8) is 0 Å². The number of hydrogen-bond acceptors (Lipinski definition) is 7. The number of likely N-dealkylation sites (tertiary alicyclic amines) is 1. The second-order valence-electron chi connectivity index (χ2n) is 10.8. The van der Waals surface area contributed by atoms with Gasteiger partial charge in [0.1, 0.15) is 23.3 Å². The van der Waals surface area contributed by atoms with Crippen LogP contribution in [0.3, 0.4) is 0 Å². The van der Waals surface area contributed by atoms with Gasteiger partial charge in [-0.2, -0.15) is 0 Å². The first-order valence-electron chi connectivity index (χ1n) is 12.9. The van der Waals surface area contributed by atoms with Crippen molar-refractivity contribution in [1.82, 2.24) is 15.0 Å². The minimum atomic E-state index is -0.451. The Labute approximate surface area is 223 Å². The maximum Gasteiger partial charge on any atom is 0.324 e. The Morgan fingerprint density at radius 1 is 1.00 bits per heavy atom. The lowest BCUT2D eigenvalue weighted by Gasteiger charge is -2.34. The molecule has 10 nitrogen and oxygen atoms in total. The number of anilines is 3. The largest absolute Gasteiger partial charge is 0.489 e. The summed E-state index contributed by atoms with van der Waals surface area (Å²) < 4.78 is 11.3. The first kappa shape index (κ1) is 27.1. The highest BCUT2D eigenvalue weighted by molar-refractivity contribution is 6.03. The van der Waals surface area contributed by atoms with E-state index in [2.05, 4.69) is 44.8 Å². The molecule has 0 radical (unpaired) electrons. The zero-order valence-corrected chi connectivity index (χ0v) is 22.6. The highest BCUT2D eigenvalue weighted by atomic mass is 16.5. The van der Waals surface area contributed by atoms with Crippen molar-refractivity contribution < 1.29 is 18.8 Å². The summed E-state index contributed by atoms with van der Waals surface area (Å²) in [5, 5.41) is 12.1. The van der Waals surface area contributed by atoms with E-state index >= 15 is 0 Å². The van der Waals surface area contributed by atoms with Crippen molar-refractivity contribution >= 4 is 29.1 Å². The number of pyridine rings is 1. The minimum Gasteiger partial charge on any atom is -0.489 e. The molecular formula is C28H36N6O4. The molecule has 0 bridgehead atoms. The molecule has 2 aromatic heterocycles. The maximum absolute atomic E-state index is 12.6. The Morgan fingerprint density at radius 2 is 1.66 bits per heavy atom. The van der Waals surface area contributed by atoms with Gasteiger partial charge in [-0.05, 0) is 63.1 Å². The van der Waals surface area contributed by atoms with Gasteiger partial charge in [0.15, 0.2) is 5.82 Å². The van der Waals surface area contributed by atoms with Crippen LogP contribution >= 0.6 is 0 Å². The summed E-state index contributed by atoms with van der Waals surface area (Å²) in [6.45, 7) is 12.5. The van der Waals surface area contributed by atoms with Crippen molar-refractivity contribution in [2.45, 2.75) is 65.0 Å². The number of nitrogens with zero attached hydrogens (tertiary/aromatic N) is 3. The third kappa shape index (κ3) is 7.32. The van der Waals surface area contributed by atoms with Crippen LogP contribution in [0.15, 0.2) is 53.2 Å². The van der Waals surface area contributed by atoms with E-state index in [9.17, 15) is 9.59 Å². The van der Waals surface area contributed by atoms with Gasteiger partial charge in [0.05, 0.1) is 6.20 Å². The van der Waals surface area contributed by atoms with E-state index in [0.29, 0.717) is 34.7 Å². The SMILES string of the molecule is CC(C)N1CCC(Oc2ccc(C(=O)Nc3ccc(NC(=O)Nc4cc(C(C)(C)C)on4)cc3)nc2)CC1. The van der Waals surface area contributed by atoms with Crippen LogP contribution in [-0.2, 0) is 5.41 Å². The van der Waals surface area contributed by atoms with Crippen LogP contribution in [0.5, 0.6) is 5.75 Å². The first-order chi connectivity index (χ1) is 18.1. The number of hydrogen-bond donors (Lipinski definition) is 3. The average molecular weight is 521 g/mol. The summed E-state index contributed by atoms with van der Waals surface area (Å²) in [6, 6.07) is 12.0. The van der Waals surface area contributed by atoms with Crippen LogP contribution in [0.2, 0.25) is 0 Å². The van der Waals surface area contributed by atoms with E-state index in [1.807, 2.05) is 20.8 Å². The number of benzene rings is 1. The van der Waals surface area contributed by atoms with Crippen LogP contribution in [0.4, 0.5) is 22.0 Å². The van der Waals surface area contributed by atoms with Crippen LogP contribution < -0.4 is 20.7 Å². The molecule has 1 aromatic carbocycles. The summed E-state index contributed by atoms with van der Waals surface area (Å²) in [4.78, 5) is 31.6. The highest BCUT2D eigenvalue weighted by Crippen LogP contribution is 2.25. The summed E-state index contributed by atoms with van der Waals surface area (Å²) in [6.07, 6.45) is 3.71. The average Bonchev–Trinajstić information content (AvgIpc) is 3.35. The van der Waals surface area contributed by atoms with Crippen molar-refractivity contribution in [2.24, 2.45) is 0 Å². The van der Waals surface area contributed by atoms with Crippen molar-refractivity contribution in [1.29, 1.82) is 0 Å². The normalized spacial score (nSPS) is 14.8. The summed E-state index contributed by atoms with van der Waals surface area (Å²) >= 11 is 0. The molecule has 0 saturated carbocycles. The van der Waals surface area contributed by atoms with Crippen molar-refractivity contribution in [2.75, 3.05) is 29.0 Å². The van der Waals surface area contributed by atoms with Crippen LogP contribution in [0.1, 0.15) is 63.7 Å². The number of rotatable bonds is 7. The van der Waals surface area contributed by atoms with Gasteiger partial charge in [0, 0.05) is 42.0 Å². The molecule has 202 valence electrons. The number of carbonyl (C=O) groups is 2. The fraction of sp³-hybridized carbons (Fsp3) is 0.429. The fourth-order valence-corrected chi connectivity index (χ4v) is 4.09. The molecule has 0 atom stereocenters. The van der Waals surface area contributed by atoms with Gasteiger partial charge in [0.25, 0.3) is 5.91 Å². The standard InChI is InChI=1S/C28H36N6O4/c1-18(2)34-14-12-21(13-15-34)37-22-10-11-23(29-17-22)26(35)30-19-6-8-20(9-7-19)31-27(36)32-25-16-24(38-33-25)28(3,4)5/h6-11,16-18,21H,12-15H2,1-5H3,(H,30,35)(H2,31,32,33,36). The topological polar surface area (TPSA) is 122 Å². The van der Waals surface area contributed by atoms with Crippen molar-refractivity contribution in [3.8, 4) is 5.75 Å². The van der Waals surface area contributed by atoms with E-state index in [1.54, 1.807) is 48.7 Å². The Kier molecular flexibility index (Phi) is 8.31. The lowest BCUT2D eigenvalue weighted by molar-refractivity contribution is 0.0840. The van der Waals surface area contributed by atoms with Crippen LogP contribution in [0.25, 0.3) is 0 Å². The molecular weight excluding hydrogens is 484 g/mol. The molecule has 1 aliphatic heterocycles.